The van der Waals surface area contributed by atoms with Crippen molar-refractivity contribution in [3.63, 3.8) is 0 Å². The van der Waals surface area contributed by atoms with Crippen molar-refractivity contribution in [2.45, 2.75) is 31.4 Å². The minimum absolute atomic E-state index is 0.188. The van der Waals surface area contributed by atoms with Crippen molar-refractivity contribution in [1.82, 2.24) is 10.6 Å². The minimum atomic E-state index is -0.609. The van der Waals surface area contributed by atoms with Crippen molar-refractivity contribution in [3.8, 4) is 0 Å². The SMILES string of the molecule is O=C(NCCC(O)c1ccoc1)NC1CCOCC1. The van der Waals surface area contributed by atoms with Gasteiger partial charge in [-0.2, -0.15) is 0 Å². The molecule has 1 atom stereocenters. The fraction of sp³-hybridized carbons (Fsp3) is 0.615. The van der Waals surface area contributed by atoms with Crippen LogP contribution in [0.5, 0.6) is 0 Å². The average molecular weight is 268 g/mol. The summed E-state index contributed by atoms with van der Waals surface area (Å²) in [4.78, 5) is 11.6. The number of urea groups is 1. The Balaban J connectivity index is 1.61. The van der Waals surface area contributed by atoms with E-state index in [1.165, 1.54) is 12.5 Å². The number of hydrogen-bond donors (Lipinski definition) is 3. The number of furan rings is 1. The summed E-state index contributed by atoms with van der Waals surface area (Å²) in [5.74, 6) is 0. The number of aliphatic hydroxyl groups excluding tert-OH is 1. The van der Waals surface area contributed by atoms with Crippen LogP contribution >= 0.6 is 0 Å². The first-order chi connectivity index (χ1) is 9.25. The number of aliphatic hydroxyl groups is 1. The molecule has 0 spiro atoms. The summed E-state index contributed by atoms with van der Waals surface area (Å²) in [6, 6.07) is 1.71. The Bertz CT molecular complexity index is 374. The van der Waals surface area contributed by atoms with E-state index in [2.05, 4.69) is 10.6 Å². The number of carbonyl (C=O) groups is 1. The number of hydrogen-bond acceptors (Lipinski definition) is 4. The predicted octanol–water partition coefficient (Wildman–Crippen LogP) is 1.18. The summed E-state index contributed by atoms with van der Waals surface area (Å²) in [6.45, 7) is 1.82. The van der Waals surface area contributed by atoms with Crippen molar-refractivity contribution in [1.29, 1.82) is 0 Å². The predicted molar refractivity (Wildman–Crippen MR) is 68.7 cm³/mol. The second kappa shape index (κ2) is 7.16. The molecule has 1 aliphatic heterocycles. The van der Waals surface area contributed by atoms with Crippen LogP contribution < -0.4 is 10.6 Å². The molecular weight excluding hydrogens is 248 g/mol. The molecule has 2 rings (SSSR count). The van der Waals surface area contributed by atoms with Gasteiger partial charge in [0.2, 0.25) is 0 Å². The molecular formula is C13H20N2O4. The van der Waals surface area contributed by atoms with Gasteiger partial charge in [0.15, 0.2) is 0 Å². The van der Waals surface area contributed by atoms with E-state index in [1.807, 2.05) is 0 Å². The van der Waals surface area contributed by atoms with E-state index < -0.39 is 6.10 Å². The maximum absolute atomic E-state index is 11.6. The molecule has 0 bridgehead atoms. The van der Waals surface area contributed by atoms with E-state index >= 15 is 0 Å². The molecule has 106 valence electrons. The van der Waals surface area contributed by atoms with E-state index in [4.69, 9.17) is 9.15 Å². The highest BCUT2D eigenvalue weighted by Crippen LogP contribution is 2.15. The van der Waals surface area contributed by atoms with E-state index in [1.54, 1.807) is 6.07 Å². The summed E-state index contributed by atoms with van der Waals surface area (Å²) in [5.41, 5.74) is 0.728. The molecule has 0 saturated carbocycles. The topological polar surface area (TPSA) is 83.7 Å². The van der Waals surface area contributed by atoms with E-state index in [0.29, 0.717) is 26.2 Å². The fourth-order valence-electron chi connectivity index (χ4n) is 2.03. The van der Waals surface area contributed by atoms with E-state index in [-0.39, 0.29) is 12.1 Å². The maximum atomic E-state index is 11.6. The number of rotatable bonds is 5. The fourth-order valence-corrected chi connectivity index (χ4v) is 2.03. The first-order valence-electron chi connectivity index (χ1n) is 6.58. The molecule has 0 aliphatic carbocycles. The van der Waals surface area contributed by atoms with Gasteiger partial charge in [0.25, 0.3) is 0 Å². The standard InChI is InChI=1S/C13H20N2O4/c16-12(10-2-6-19-9-10)1-5-14-13(17)15-11-3-7-18-8-4-11/h2,6,9,11-12,16H,1,3-5,7-8H2,(H2,14,15,17). The number of amides is 2. The van der Waals surface area contributed by atoms with Crippen molar-refractivity contribution in [2.24, 2.45) is 0 Å². The van der Waals surface area contributed by atoms with Gasteiger partial charge >= 0.3 is 6.03 Å². The van der Waals surface area contributed by atoms with Crippen LogP contribution in [0, 0.1) is 0 Å². The maximum Gasteiger partial charge on any atom is 0.315 e. The second-order valence-corrected chi connectivity index (χ2v) is 4.65. The molecule has 2 amide bonds. The molecule has 6 nitrogen and oxygen atoms in total. The molecule has 1 aliphatic rings. The first-order valence-corrected chi connectivity index (χ1v) is 6.58. The molecule has 1 aromatic heterocycles. The highest BCUT2D eigenvalue weighted by atomic mass is 16.5. The van der Waals surface area contributed by atoms with Gasteiger partial charge in [-0.05, 0) is 25.3 Å². The summed E-state index contributed by atoms with van der Waals surface area (Å²) < 4.78 is 10.1. The van der Waals surface area contributed by atoms with Gasteiger partial charge < -0.3 is 24.9 Å². The van der Waals surface area contributed by atoms with Crippen LogP contribution in [0.2, 0.25) is 0 Å². The molecule has 3 N–H and O–H groups in total. The van der Waals surface area contributed by atoms with Crippen LogP contribution in [0.25, 0.3) is 0 Å². The van der Waals surface area contributed by atoms with E-state index in [0.717, 1.165) is 18.4 Å². The Morgan fingerprint density at radius 2 is 2.26 bits per heavy atom. The van der Waals surface area contributed by atoms with Crippen LogP contribution in [0.1, 0.15) is 30.9 Å². The number of ether oxygens (including phenoxy) is 1. The Labute approximate surface area is 112 Å². The van der Waals surface area contributed by atoms with Gasteiger partial charge in [-0.1, -0.05) is 0 Å². The Kier molecular flexibility index (Phi) is 5.23. The van der Waals surface area contributed by atoms with Crippen LogP contribution in [0.4, 0.5) is 4.79 Å². The zero-order chi connectivity index (χ0) is 13.5. The summed E-state index contributed by atoms with van der Waals surface area (Å²) in [5, 5.41) is 15.4. The normalized spacial score (nSPS) is 17.9. The van der Waals surface area contributed by atoms with Crippen LogP contribution in [0.15, 0.2) is 23.0 Å². The Hall–Kier alpha value is -1.53. The minimum Gasteiger partial charge on any atom is -0.472 e. The zero-order valence-corrected chi connectivity index (χ0v) is 10.8. The molecule has 1 fully saturated rings. The summed E-state index contributed by atoms with van der Waals surface area (Å²) >= 11 is 0. The molecule has 6 heteroatoms. The molecule has 19 heavy (non-hydrogen) atoms. The number of carbonyl (C=O) groups excluding carboxylic acids is 1. The smallest absolute Gasteiger partial charge is 0.315 e. The van der Waals surface area contributed by atoms with Crippen LogP contribution in [-0.4, -0.2) is 36.9 Å². The van der Waals surface area contributed by atoms with Gasteiger partial charge in [-0.15, -0.1) is 0 Å². The quantitative estimate of drug-likeness (QED) is 0.748. The summed E-state index contributed by atoms with van der Waals surface area (Å²) in [7, 11) is 0. The third-order valence-corrected chi connectivity index (χ3v) is 3.19. The summed E-state index contributed by atoms with van der Waals surface area (Å²) in [6.07, 6.45) is 4.58. The third kappa shape index (κ3) is 4.57. The highest BCUT2D eigenvalue weighted by Gasteiger charge is 2.16. The molecule has 1 saturated heterocycles. The van der Waals surface area contributed by atoms with Gasteiger partial charge in [-0.25, -0.2) is 4.79 Å². The number of nitrogens with one attached hydrogen (secondary N) is 2. The first kappa shape index (κ1) is 13.9. The molecule has 2 heterocycles. The molecule has 1 unspecified atom stereocenters. The van der Waals surface area contributed by atoms with Gasteiger partial charge in [0, 0.05) is 31.4 Å². The van der Waals surface area contributed by atoms with Crippen molar-refractivity contribution in [3.05, 3.63) is 24.2 Å². The lowest BCUT2D eigenvalue weighted by atomic mass is 10.1. The second-order valence-electron chi connectivity index (χ2n) is 4.65. The van der Waals surface area contributed by atoms with Crippen molar-refractivity contribution >= 4 is 6.03 Å². The van der Waals surface area contributed by atoms with E-state index in [9.17, 15) is 9.90 Å². The van der Waals surface area contributed by atoms with Gasteiger partial charge in [0.05, 0.1) is 18.6 Å². The molecule has 0 aromatic carbocycles. The highest BCUT2D eigenvalue weighted by molar-refractivity contribution is 5.74. The zero-order valence-electron chi connectivity index (χ0n) is 10.8. The van der Waals surface area contributed by atoms with Crippen LogP contribution in [-0.2, 0) is 4.74 Å². The molecule has 1 aromatic rings. The Morgan fingerprint density at radius 1 is 1.47 bits per heavy atom. The lowest BCUT2D eigenvalue weighted by Crippen LogP contribution is -2.44. The molecule has 0 radical (unpaired) electrons. The van der Waals surface area contributed by atoms with Crippen molar-refractivity contribution in [2.75, 3.05) is 19.8 Å². The third-order valence-electron chi connectivity index (χ3n) is 3.19. The van der Waals surface area contributed by atoms with Crippen LogP contribution in [0.3, 0.4) is 0 Å². The van der Waals surface area contributed by atoms with Gasteiger partial charge in [0.1, 0.15) is 0 Å². The Morgan fingerprint density at radius 3 is 2.95 bits per heavy atom. The largest absolute Gasteiger partial charge is 0.472 e. The lowest BCUT2D eigenvalue weighted by molar-refractivity contribution is 0.0800. The van der Waals surface area contributed by atoms with Crippen molar-refractivity contribution < 1.29 is 19.1 Å². The average Bonchev–Trinajstić information content (AvgIpc) is 2.93. The lowest BCUT2D eigenvalue weighted by Gasteiger charge is -2.23. The monoisotopic (exact) mass is 268 g/mol. The van der Waals surface area contributed by atoms with Gasteiger partial charge in [-0.3, -0.25) is 0 Å².